The zero-order valence-electron chi connectivity index (χ0n) is 29.0. The molecular formula is C12H38O43S8. The Labute approximate surface area is 352 Å². The van der Waals surface area contributed by atoms with Gasteiger partial charge >= 0.3 is 83.2 Å². The monoisotopic (exact) mass is 1130 g/mol. The highest BCUT2D eigenvalue weighted by molar-refractivity contribution is 7.81. The first-order valence-electron chi connectivity index (χ1n) is 12.6. The van der Waals surface area contributed by atoms with Crippen molar-refractivity contribution in [2.45, 2.75) is 54.8 Å². The van der Waals surface area contributed by atoms with Crippen LogP contribution in [0.1, 0.15) is 0 Å². The van der Waals surface area contributed by atoms with Crippen LogP contribution in [0.4, 0.5) is 0 Å². The molecule has 0 radical (unpaired) electrons. The lowest BCUT2D eigenvalue weighted by molar-refractivity contribution is -0.383. The summed E-state index contributed by atoms with van der Waals surface area (Å²) in [5, 5.41) is 76.7. The van der Waals surface area contributed by atoms with Gasteiger partial charge in [-0.05, 0) is 0 Å². The molecule has 2 saturated heterocycles. The summed E-state index contributed by atoms with van der Waals surface area (Å²) in [5.74, 6) is -2.22. The molecule has 0 aromatic rings. The predicted molar refractivity (Wildman–Crippen MR) is 182 cm³/mol. The van der Waals surface area contributed by atoms with Gasteiger partial charge in [0.15, 0.2) is 6.29 Å². The number of hydrogen-bond donors (Lipinski definition) is 24. The van der Waals surface area contributed by atoms with Crippen molar-refractivity contribution in [1.82, 2.24) is 0 Å². The van der Waals surface area contributed by atoms with E-state index in [0.717, 1.165) is 0 Å². The lowest BCUT2D eigenvalue weighted by Crippen LogP contribution is -2.62. The average molecular weight is 1130 g/mol. The van der Waals surface area contributed by atoms with Crippen molar-refractivity contribution in [1.29, 1.82) is 0 Å². The van der Waals surface area contributed by atoms with Gasteiger partial charge < -0.3 is 55.1 Å². The van der Waals surface area contributed by atoms with Gasteiger partial charge in [0.05, 0.1) is 13.2 Å². The van der Waals surface area contributed by atoms with Crippen molar-refractivity contribution in [3.63, 3.8) is 0 Å². The summed E-state index contributed by atoms with van der Waals surface area (Å²) in [4.78, 5) is 0. The van der Waals surface area contributed by atoms with E-state index in [0.29, 0.717) is 0 Å². The van der Waals surface area contributed by atoms with Gasteiger partial charge in [0.1, 0.15) is 49.3 Å². The quantitative estimate of drug-likeness (QED) is 0.114. The summed E-state index contributed by atoms with van der Waals surface area (Å²) >= 11 is 0. The van der Waals surface area contributed by atoms with Gasteiger partial charge in [-0.2, -0.15) is 67.3 Å². The van der Waals surface area contributed by atoms with Crippen LogP contribution in [0.3, 0.4) is 0 Å². The third-order valence-electron chi connectivity index (χ3n) is 4.07. The molecule has 43 nitrogen and oxygen atoms in total. The van der Waals surface area contributed by atoms with E-state index in [9.17, 15) is 30.6 Å². The van der Waals surface area contributed by atoms with Crippen LogP contribution < -0.4 is 0 Å². The fraction of sp³-hybridized carbons (Fsp3) is 1.00. The highest BCUT2D eigenvalue weighted by Crippen LogP contribution is 2.35. The first-order chi connectivity index (χ1) is 26.8. The molecule has 0 aromatic heterocycles. The lowest BCUT2D eigenvalue weighted by atomic mass is 9.99. The van der Waals surface area contributed by atoms with Crippen LogP contribution in [0.25, 0.3) is 0 Å². The number of ether oxygens (including phenoxy) is 3. The third kappa shape index (κ3) is 84.5. The molecule has 24 N–H and O–H groups in total. The van der Waals surface area contributed by atoms with E-state index < -0.39 is 158 Å². The maximum atomic E-state index is 10.00. The van der Waals surface area contributed by atoms with Crippen LogP contribution in [-0.4, -0.2) is 256 Å². The number of hydrogen-bond acceptors (Lipinski definition) is 27. The zero-order valence-corrected chi connectivity index (χ0v) is 35.5. The molecular weight excluding hydrogens is 1090 g/mol. The standard InChI is InChI=1S/C12H22O11.8H2O4S/c13-1-4-6(16)8(18)9(19)11(21-4)23-12(3-15)10(20)7(17)5(2-14)22-12;8*1-5(2,3)4/h4-11,13-20H,1-3H2;8*(H2,1,2,3,4)/t4-,5-,6-,7-,8+,9-,10+,11-,12+;;;;;;;;/m1......../s1. The van der Waals surface area contributed by atoms with Gasteiger partial charge in [-0.1, -0.05) is 0 Å². The molecule has 0 bridgehead atoms. The van der Waals surface area contributed by atoms with E-state index in [1.54, 1.807) is 0 Å². The molecule has 63 heavy (non-hydrogen) atoms. The van der Waals surface area contributed by atoms with E-state index in [2.05, 4.69) is 0 Å². The van der Waals surface area contributed by atoms with E-state index in [-0.39, 0.29) is 0 Å². The molecule has 2 fully saturated rings. The maximum Gasteiger partial charge on any atom is 0.394 e. The SMILES string of the molecule is O=S(=O)(O)O.O=S(=O)(O)O.O=S(=O)(O)O.O=S(=O)(O)O.O=S(=O)(O)O.O=S(=O)(O)O.O=S(=O)(O)O.O=S(=O)(O)O.OC[C@H]1O[C@@](CO)(O[C@H]2O[C@H](CO)[C@@H](O)[C@H](O)[C@H]2O)[C@@H](O)[C@@H]1O. The number of aliphatic hydroxyl groups excluding tert-OH is 8. The minimum atomic E-state index is -4.67. The molecule has 2 heterocycles. The Kier molecular flexibility index (Phi) is 37.9. The highest BCUT2D eigenvalue weighted by atomic mass is 32.3. The van der Waals surface area contributed by atoms with Crippen molar-refractivity contribution >= 4 is 83.2 Å². The Morgan fingerprint density at radius 2 is 0.587 bits per heavy atom. The van der Waals surface area contributed by atoms with E-state index in [4.69, 9.17) is 165 Å². The number of rotatable bonds is 5. The van der Waals surface area contributed by atoms with Gasteiger partial charge in [0.2, 0.25) is 5.79 Å². The fourth-order valence-electron chi connectivity index (χ4n) is 2.63. The van der Waals surface area contributed by atoms with Crippen LogP contribution in [0, 0.1) is 0 Å². The Bertz CT molecular complexity index is 1720. The normalized spacial score (nSPS) is 26.0. The van der Waals surface area contributed by atoms with Crippen LogP contribution in [0.15, 0.2) is 0 Å². The summed E-state index contributed by atoms with van der Waals surface area (Å²) in [6.45, 7) is -2.32. The van der Waals surface area contributed by atoms with Crippen molar-refractivity contribution in [3.8, 4) is 0 Å². The Morgan fingerprint density at radius 3 is 0.762 bits per heavy atom. The topological polar surface area (TPSA) is 786 Å². The molecule has 2 rings (SSSR count). The van der Waals surface area contributed by atoms with Crippen molar-refractivity contribution in [2.24, 2.45) is 0 Å². The lowest BCUT2D eigenvalue weighted by Gasteiger charge is -2.43. The minimum Gasteiger partial charge on any atom is -0.394 e. The maximum absolute atomic E-state index is 10.00. The summed E-state index contributed by atoms with van der Waals surface area (Å²) < 4.78 is 268. The second kappa shape index (κ2) is 31.5. The van der Waals surface area contributed by atoms with Gasteiger partial charge in [-0.3, -0.25) is 72.8 Å². The predicted octanol–water partition coefficient (Wildman–Crippen LogP) is -10.6. The molecule has 9 atom stereocenters. The number of aliphatic hydroxyl groups is 8. The third-order valence-corrected chi connectivity index (χ3v) is 4.07. The average Bonchev–Trinajstić information content (AvgIpc) is 3.15. The fourth-order valence-corrected chi connectivity index (χ4v) is 2.63. The molecule has 0 saturated carbocycles. The minimum absolute atomic E-state index is 0.669. The van der Waals surface area contributed by atoms with E-state index >= 15 is 0 Å². The Balaban J connectivity index is -0.000000129. The van der Waals surface area contributed by atoms with Gasteiger partial charge in [-0.25, -0.2) is 0 Å². The molecule has 2 aliphatic rings. The molecule has 51 heteroatoms. The molecule has 0 aromatic carbocycles. The van der Waals surface area contributed by atoms with Crippen LogP contribution in [-0.2, 0) is 97.4 Å². The molecule has 2 aliphatic heterocycles. The Morgan fingerprint density at radius 1 is 0.365 bits per heavy atom. The van der Waals surface area contributed by atoms with Gasteiger partial charge in [0.25, 0.3) is 0 Å². The van der Waals surface area contributed by atoms with E-state index in [1.165, 1.54) is 0 Å². The van der Waals surface area contributed by atoms with Crippen LogP contribution in [0.2, 0.25) is 0 Å². The largest absolute Gasteiger partial charge is 0.394 e. The van der Waals surface area contributed by atoms with E-state index in [1.807, 2.05) is 0 Å². The summed E-state index contributed by atoms with van der Waals surface area (Å²) in [5.41, 5.74) is 0. The zero-order chi connectivity index (χ0) is 53.4. The van der Waals surface area contributed by atoms with Crippen molar-refractivity contribution < 1.29 is 195 Å². The Hall–Kier alpha value is -1.48. The smallest absolute Gasteiger partial charge is 0.394 e. The van der Waals surface area contributed by atoms with Gasteiger partial charge in [-0.15, -0.1) is 0 Å². The van der Waals surface area contributed by atoms with Gasteiger partial charge in [0, 0.05) is 0 Å². The first-order valence-corrected chi connectivity index (χ1v) is 23.8. The second-order valence-corrected chi connectivity index (χ2v) is 16.3. The molecule has 392 valence electrons. The molecule has 0 spiro atoms. The van der Waals surface area contributed by atoms with Crippen molar-refractivity contribution in [3.05, 3.63) is 0 Å². The van der Waals surface area contributed by atoms with Crippen molar-refractivity contribution in [2.75, 3.05) is 19.8 Å². The molecule has 0 amide bonds. The summed E-state index contributed by atoms with van der Waals surface area (Å²) in [7, 11) is -37.3. The molecule has 0 unspecified atom stereocenters. The second-order valence-electron chi connectivity index (χ2n) is 9.14. The summed E-state index contributed by atoms with van der Waals surface area (Å²) in [6.07, 6.45) is -12.7. The van der Waals surface area contributed by atoms with Crippen LogP contribution >= 0.6 is 0 Å². The summed E-state index contributed by atoms with van der Waals surface area (Å²) in [6, 6.07) is 0. The van der Waals surface area contributed by atoms with Crippen LogP contribution in [0.5, 0.6) is 0 Å². The molecule has 0 aliphatic carbocycles. The highest BCUT2D eigenvalue weighted by Gasteiger charge is 2.58. The first kappa shape index (κ1) is 75.8.